The normalized spacial score (nSPS) is 11.5. The Kier molecular flexibility index (Phi) is 5.88. The first-order valence-electron chi connectivity index (χ1n) is 15.5. The van der Waals surface area contributed by atoms with Crippen molar-refractivity contribution in [3.8, 4) is 39.7 Å². The smallest absolute Gasteiger partial charge is 0.101 e. The van der Waals surface area contributed by atoms with Crippen molar-refractivity contribution in [2.45, 2.75) is 0 Å². The molecule has 46 heavy (non-hydrogen) atoms. The molecule has 0 fully saturated rings. The SMILES string of the molecule is N#Cc1cccc(-c2ccc(-c3ccc(-n4c5ccccc5c5ccccc54)cc3)cc2)c1-n1c2ccccc2c2ccccc21. The van der Waals surface area contributed by atoms with Crippen LogP contribution in [0.2, 0.25) is 0 Å². The van der Waals surface area contributed by atoms with Crippen LogP contribution in [0.4, 0.5) is 0 Å². The van der Waals surface area contributed by atoms with Gasteiger partial charge in [-0.05, 0) is 59.2 Å². The Hall–Kier alpha value is -6.37. The Balaban J connectivity index is 1.13. The molecule has 3 nitrogen and oxygen atoms in total. The van der Waals surface area contributed by atoms with Crippen molar-refractivity contribution in [1.82, 2.24) is 9.13 Å². The second kappa shape index (κ2) is 10.4. The Morgan fingerprint density at radius 1 is 0.370 bits per heavy atom. The van der Waals surface area contributed by atoms with E-state index in [-0.39, 0.29) is 0 Å². The number of nitriles is 1. The number of fused-ring (bicyclic) bond motifs is 6. The highest BCUT2D eigenvalue weighted by molar-refractivity contribution is 6.10. The Morgan fingerprint density at radius 2 is 0.783 bits per heavy atom. The Bertz CT molecular complexity index is 2520. The molecule has 0 aliphatic rings. The first kappa shape index (κ1) is 26.1. The van der Waals surface area contributed by atoms with E-state index in [4.69, 9.17) is 0 Å². The summed E-state index contributed by atoms with van der Waals surface area (Å²) in [6.45, 7) is 0. The van der Waals surface area contributed by atoms with Crippen LogP contribution in [-0.4, -0.2) is 9.13 Å². The van der Waals surface area contributed by atoms with E-state index >= 15 is 0 Å². The highest BCUT2D eigenvalue weighted by Gasteiger charge is 2.18. The molecule has 0 atom stereocenters. The maximum Gasteiger partial charge on any atom is 0.101 e. The zero-order valence-electron chi connectivity index (χ0n) is 24.9. The summed E-state index contributed by atoms with van der Waals surface area (Å²) in [5.41, 5.74) is 11.7. The molecule has 2 aromatic heterocycles. The third kappa shape index (κ3) is 3.91. The van der Waals surface area contributed by atoms with Gasteiger partial charge in [0.05, 0.1) is 33.3 Å². The third-order valence-corrected chi connectivity index (χ3v) is 9.19. The van der Waals surface area contributed by atoms with E-state index < -0.39 is 0 Å². The topological polar surface area (TPSA) is 33.6 Å². The highest BCUT2D eigenvalue weighted by atomic mass is 15.0. The summed E-state index contributed by atoms with van der Waals surface area (Å²) < 4.78 is 4.59. The predicted octanol–water partition coefficient (Wildman–Crippen LogP) is 11.1. The van der Waals surface area contributed by atoms with Crippen LogP contribution < -0.4 is 0 Å². The zero-order chi connectivity index (χ0) is 30.6. The lowest BCUT2D eigenvalue weighted by atomic mass is 9.97. The van der Waals surface area contributed by atoms with Gasteiger partial charge in [0.2, 0.25) is 0 Å². The largest absolute Gasteiger partial charge is 0.309 e. The molecule has 0 bridgehead atoms. The molecule has 2 heterocycles. The fourth-order valence-electron chi connectivity index (χ4n) is 7.12. The van der Waals surface area contributed by atoms with Crippen LogP contribution >= 0.6 is 0 Å². The van der Waals surface area contributed by atoms with Gasteiger partial charge in [-0.3, -0.25) is 0 Å². The summed E-state index contributed by atoms with van der Waals surface area (Å²) >= 11 is 0. The number of hydrogen-bond acceptors (Lipinski definition) is 1. The molecule has 7 aromatic carbocycles. The summed E-state index contributed by atoms with van der Waals surface area (Å²) in [6.07, 6.45) is 0. The molecule has 0 radical (unpaired) electrons. The first-order valence-corrected chi connectivity index (χ1v) is 15.5. The van der Waals surface area contributed by atoms with Gasteiger partial charge in [0.25, 0.3) is 0 Å². The van der Waals surface area contributed by atoms with Crippen LogP contribution in [0.15, 0.2) is 164 Å². The molecule has 0 saturated carbocycles. The molecular formula is C43H27N3. The summed E-state index contributed by atoms with van der Waals surface area (Å²) in [5, 5.41) is 15.1. The van der Waals surface area contributed by atoms with Gasteiger partial charge in [0.1, 0.15) is 6.07 Å². The highest BCUT2D eigenvalue weighted by Crippen LogP contribution is 2.38. The molecule has 0 aliphatic heterocycles. The van der Waals surface area contributed by atoms with Crippen molar-refractivity contribution in [3.05, 3.63) is 169 Å². The quantitative estimate of drug-likeness (QED) is 0.202. The van der Waals surface area contributed by atoms with Gasteiger partial charge in [-0.15, -0.1) is 0 Å². The van der Waals surface area contributed by atoms with Crippen molar-refractivity contribution in [3.63, 3.8) is 0 Å². The lowest BCUT2D eigenvalue weighted by Gasteiger charge is -2.16. The molecular weight excluding hydrogens is 558 g/mol. The monoisotopic (exact) mass is 585 g/mol. The second-order valence-corrected chi connectivity index (χ2v) is 11.7. The predicted molar refractivity (Wildman–Crippen MR) is 191 cm³/mol. The van der Waals surface area contributed by atoms with Crippen LogP contribution in [0.3, 0.4) is 0 Å². The average molecular weight is 586 g/mol. The number of para-hydroxylation sites is 5. The standard InChI is InChI=1S/C43H27N3/c44-28-32-10-9-15-34(43(32)46-41-18-7-3-13-37(41)38-14-4-8-19-42(38)46)31-22-20-29(21-23-31)30-24-26-33(27-25-30)45-39-16-5-1-11-35(39)36-12-2-6-17-40(36)45/h1-27H. The second-order valence-electron chi connectivity index (χ2n) is 11.7. The van der Waals surface area contributed by atoms with Crippen LogP contribution in [-0.2, 0) is 0 Å². The van der Waals surface area contributed by atoms with Crippen LogP contribution in [0.5, 0.6) is 0 Å². The van der Waals surface area contributed by atoms with Crippen LogP contribution in [0.1, 0.15) is 5.56 Å². The van der Waals surface area contributed by atoms with E-state index in [1.54, 1.807) is 0 Å². The number of nitrogens with zero attached hydrogens (tertiary/aromatic N) is 3. The lowest BCUT2D eigenvalue weighted by molar-refractivity contribution is 1.17. The zero-order valence-corrected chi connectivity index (χ0v) is 24.9. The average Bonchev–Trinajstić information content (AvgIpc) is 3.64. The summed E-state index contributed by atoms with van der Waals surface area (Å²) in [5.74, 6) is 0. The molecule has 9 aromatic rings. The van der Waals surface area contributed by atoms with E-state index in [1.165, 1.54) is 32.6 Å². The minimum Gasteiger partial charge on any atom is -0.309 e. The maximum atomic E-state index is 10.3. The summed E-state index contributed by atoms with van der Waals surface area (Å²) in [6, 6.07) is 60.1. The van der Waals surface area contributed by atoms with Gasteiger partial charge in [-0.1, -0.05) is 121 Å². The Labute approximate surface area is 266 Å². The molecule has 0 spiro atoms. The van der Waals surface area contributed by atoms with Crippen molar-refractivity contribution in [2.75, 3.05) is 0 Å². The van der Waals surface area contributed by atoms with Crippen molar-refractivity contribution >= 4 is 43.6 Å². The number of hydrogen-bond donors (Lipinski definition) is 0. The van der Waals surface area contributed by atoms with Gasteiger partial charge in [-0.25, -0.2) is 0 Å². The maximum absolute atomic E-state index is 10.3. The molecule has 0 N–H and O–H groups in total. The fourth-order valence-corrected chi connectivity index (χ4v) is 7.12. The summed E-state index contributed by atoms with van der Waals surface area (Å²) in [7, 11) is 0. The molecule has 0 saturated heterocycles. The van der Waals surface area contributed by atoms with Gasteiger partial charge in [-0.2, -0.15) is 5.26 Å². The van der Waals surface area contributed by atoms with Gasteiger partial charge >= 0.3 is 0 Å². The summed E-state index contributed by atoms with van der Waals surface area (Å²) in [4.78, 5) is 0. The third-order valence-electron chi connectivity index (χ3n) is 9.19. The molecule has 9 rings (SSSR count). The van der Waals surface area contributed by atoms with E-state index in [0.29, 0.717) is 5.56 Å². The molecule has 0 unspecified atom stereocenters. The molecule has 214 valence electrons. The van der Waals surface area contributed by atoms with E-state index in [1.807, 2.05) is 12.1 Å². The van der Waals surface area contributed by atoms with Gasteiger partial charge in [0, 0.05) is 32.8 Å². The van der Waals surface area contributed by atoms with E-state index in [0.717, 1.165) is 44.7 Å². The first-order chi connectivity index (χ1) is 22.8. The number of rotatable bonds is 4. The van der Waals surface area contributed by atoms with Gasteiger partial charge in [0.15, 0.2) is 0 Å². The van der Waals surface area contributed by atoms with Crippen LogP contribution in [0.25, 0.3) is 77.2 Å². The lowest BCUT2D eigenvalue weighted by Crippen LogP contribution is -2.00. The van der Waals surface area contributed by atoms with Crippen molar-refractivity contribution in [1.29, 1.82) is 5.26 Å². The molecule has 0 aliphatic carbocycles. The molecule has 0 amide bonds. The number of benzene rings is 7. The van der Waals surface area contributed by atoms with E-state index in [2.05, 4.69) is 167 Å². The van der Waals surface area contributed by atoms with Crippen LogP contribution in [0, 0.1) is 11.3 Å². The molecule has 3 heteroatoms. The van der Waals surface area contributed by atoms with Gasteiger partial charge < -0.3 is 9.13 Å². The fraction of sp³-hybridized carbons (Fsp3) is 0. The minimum absolute atomic E-state index is 0.647. The Morgan fingerprint density at radius 3 is 1.26 bits per heavy atom. The van der Waals surface area contributed by atoms with E-state index in [9.17, 15) is 5.26 Å². The minimum atomic E-state index is 0.647. The number of aromatic nitrogens is 2. The van der Waals surface area contributed by atoms with Crippen molar-refractivity contribution in [2.24, 2.45) is 0 Å². The van der Waals surface area contributed by atoms with Crippen molar-refractivity contribution < 1.29 is 0 Å².